The third-order valence-electron chi connectivity index (χ3n) is 3.52. The second-order valence-electron chi connectivity index (χ2n) is 6.20. The molecule has 0 spiro atoms. The number of hydrogen-bond donors (Lipinski definition) is 1. The van der Waals surface area contributed by atoms with Crippen molar-refractivity contribution in [3.63, 3.8) is 0 Å². The van der Waals surface area contributed by atoms with Gasteiger partial charge in [-0.25, -0.2) is 0 Å². The third kappa shape index (κ3) is 3.60. The van der Waals surface area contributed by atoms with Crippen molar-refractivity contribution in [3.8, 4) is 0 Å². The van der Waals surface area contributed by atoms with Gasteiger partial charge in [0.1, 0.15) is 0 Å². The van der Waals surface area contributed by atoms with Crippen LogP contribution in [-0.4, -0.2) is 35.1 Å². The zero-order valence-electron chi connectivity index (χ0n) is 13.1. The Morgan fingerprint density at radius 3 is 2.57 bits per heavy atom. The van der Waals surface area contributed by atoms with Crippen molar-refractivity contribution < 1.29 is 0 Å². The molecule has 0 aliphatic carbocycles. The molecular weight excluding hydrogens is 282 g/mol. The molecule has 114 valence electrons. The van der Waals surface area contributed by atoms with Gasteiger partial charge in [-0.2, -0.15) is 0 Å². The van der Waals surface area contributed by atoms with Gasteiger partial charge in [0.05, 0.1) is 16.9 Å². The van der Waals surface area contributed by atoms with Crippen molar-refractivity contribution in [2.75, 3.05) is 20.6 Å². The van der Waals surface area contributed by atoms with Crippen molar-refractivity contribution in [1.29, 1.82) is 0 Å². The number of likely N-dealkylation sites (N-methyl/N-ethyl adjacent to an activating group) is 1. The van der Waals surface area contributed by atoms with E-state index in [9.17, 15) is 4.79 Å². The van der Waals surface area contributed by atoms with E-state index >= 15 is 0 Å². The fourth-order valence-electron chi connectivity index (χ4n) is 2.73. The summed E-state index contributed by atoms with van der Waals surface area (Å²) in [5.74, 6) is 0.503. The predicted octanol–water partition coefficient (Wildman–Crippen LogP) is 3.21. The lowest BCUT2D eigenvalue weighted by atomic mass is 10.0. The number of H-pyrrole nitrogens is 1. The second kappa shape index (κ2) is 6.54. The molecule has 0 aliphatic heterocycles. The molecule has 0 fully saturated rings. The molecule has 0 saturated heterocycles. The monoisotopic (exact) mass is 305 g/mol. The van der Waals surface area contributed by atoms with Crippen molar-refractivity contribution >= 4 is 23.1 Å². The third-order valence-corrected chi connectivity index (χ3v) is 3.82. The second-order valence-corrected chi connectivity index (χ2v) is 6.58. The number of nitrogens with zero attached hydrogens (tertiary/aromatic N) is 2. The summed E-state index contributed by atoms with van der Waals surface area (Å²) in [6.45, 7) is 5.14. The zero-order valence-corrected chi connectivity index (χ0v) is 13.9. The summed E-state index contributed by atoms with van der Waals surface area (Å²) in [6, 6.07) is 7.61. The van der Waals surface area contributed by atoms with Crippen LogP contribution in [0.1, 0.15) is 26.3 Å². The highest BCUT2D eigenvalue weighted by molar-refractivity contribution is 7.71. The molecule has 1 N–H and O–H groups in total. The molecule has 5 heteroatoms. The summed E-state index contributed by atoms with van der Waals surface area (Å²) in [6.07, 6.45) is 0.925. The van der Waals surface area contributed by atoms with Crippen LogP contribution in [0.4, 0.5) is 0 Å². The molecule has 2 aromatic rings. The first kappa shape index (κ1) is 15.9. The van der Waals surface area contributed by atoms with Gasteiger partial charge in [0.25, 0.3) is 5.56 Å². The lowest BCUT2D eigenvalue weighted by molar-refractivity contribution is 0.282. The Bertz CT molecular complexity index is 720. The summed E-state index contributed by atoms with van der Waals surface area (Å²) in [7, 11) is 4.04. The molecule has 0 bridgehead atoms. The zero-order chi connectivity index (χ0) is 15.6. The van der Waals surface area contributed by atoms with Crippen molar-refractivity contribution in [1.82, 2.24) is 14.5 Å². The van der Waals surface area contributed by atoms with E-state index in [2.05, 4.69) is 23.7 Å². The SMILES string of the molecule is CC(C)CC(CN(C)C)n1c(=S)[nH]c2ccccc2c1=O. The molecule has 0 radical (unpaired) electrons. The number of nitrogens with one attached hydrogen (secondary N) is 1. The Hall–Kier alpha value is -1.46. The van der Waals surface area contributed by atoms with E-state index in [1.807, 2.05) is 38.4 Å². The molecule has 2 rings (SSSR count). The molecule has 0 saturated carbocycles. The molecule has 1 heterocycles. The molecule has 0 amide bonds. The van der Waals surface area contributed by atoms with Gasteiger partial charge in [0.15, 0.2) is 4.77 Å². The first-order valence-corrected chi connectivity index (χ1v) is 7.69. The number of rotatable bonds is 5. The molecule has 21 heavy (non-hydrogen) atoms. The van der Waals surface area contributed by atoms with Gasteiger partial charge in [-0.1, -0.05) is 26.0 Å². The van der Waals surface area contributed by atoms with Crippen LogP contribution >= 0.6 is 12.2 Å². The predicted molar refractivity (Wildman–Crippen MR) is 90.4 cm³/mol. The standard InChI is InChI=1S/C16H23N3OS/c1-11(2)9-12(10-18(3)4)19-15(20)13-7-5-6-8-14(13)17-16(19)21/h5-8,11-12H,9-10H2,1-4H3,(H,17,21). The van der Waals surface area contributed by atoms with Gasteiger partial charge >= 0.3 is 0 Å². The number of benzene rings is 1. The molecule has 1 unspecified atom stereocenters. The molecule has 4 nitrogen and oxygen atoms in total. The maximum Gasteiger partial charge on any atom is 0.262 e. The smallest absolute Gasteiger partial charge is 0.262 e. The highest BCUT2D eigenvalue weighted by Crippen LogP contribution is 2.18. The molecular formula is C16H23N3OS. The van der Waals surface area contributed by atoms with Crippen LogP contribution in [0, 0.1) is 10.7 Å². The normalized spacial score (nSPS) is 13.2. The van der Waals surface area contributed by atoms with Crippen LogP contribution < -0.4 is 5.56 Å². The number of hydrogen-bond acceptors (Lipinski definition) is 3. The van der Waals surface area contributed by atoms with Crippen LogP contribution in [0.3, 0.4) is 0 Å². The van der Waals surface area contributed by atoms with Crippen LogP contribution in [-0.2, 0) is 0 Å². The highest BCUT2D eigenvalue weighted by Gasteiger charge is 2.18. The molecule has 1 aromatic heterocycles. The number of aromatic nitrogens is 2. The maximum absolute atomic E-state index is 12.8. The van der Waals surface area contributed by atoms with E-state index in [4.69, 9.17) is 12.2 Å². The first-order chi connectivity index (χ1) is 9.90. The van der Waals surface area contributed by atoms with E-state index < -0.39 is 0 Å². The Morgan fingerprint density at radius 1 is 1.29 bits per heavy atom. The average Bonchev–Trinajstić information content (AvgIpc) is 2.37. The quantitative estimate of drug-likeness (QED) is 0.862. The lowest BCUT2D eigenvalue weighted by Crippen LogP contribution is -2.33. The number of aromatic amines is 1. The fourth-order valence-corrected chi connectivity index (χ4v) is 3.08. The van der Waals surface area contributed by atoms with Crippen molar-refractivity contribution in [2.24, 2.45) is 5.92 Å². The van der Waals surface area contributed by atoms with Gasteiger partial charge in [-0.3, -0.25) is 9.36 Å². The summed E-state index contributed by atoms with van der Waals surface area (Å²) in [5, 5.41) is 0.693. The van der Waals surface area contributed by atoms with Crippen molar-refractivity contribution in [3.05, 3.63) is 39.4 Å². The van der Waals surface area contributed by atoms with Gasteiger partial charge < -0.3 is 9.88 Å². The minimum atomic E-state index is 0.00171. The molecule has 1 aromatic carbocycles. The summed E-state index contributed by atoms with van der Waals surface area (Å²) >= 11 is 5.44. The minimum Gasteiger partial charge on any atom is -0.332 e. The maximum atomic E-state index is 12.8. The molecule has 0 aliphatic rings. The molecule has 1 atom stereocenters. The van der Waals surface area contributed by atoms with Crippen LogP contribution in [0.25, 0.3) is 10.9 Å². The van der Waals surface area contributed by atoms with E-state index in [0.29, 0.717) is 16.1 Å². The lowest BCUT2D eigenvalue weighted by Gasteiger charge is -2.25. The van der Waals surface area contributed by atoms with Gasteiger partial charge in [-0.05, 0) is 50.8 Å². The topological polar surface area (TPSA) is 41.0 Å². The average molecular weight is 305 g/mol. The Labute approximate surface area is 130 Å². The van der Waals surface area contributed by atoms with Crippen LogP contribution in [0.5, 0.6) is 0 Å². The Balaban J connectivity index is 2.61. The first-order valence-electron chi connectivity index (χ1n) is 7.28. The number of fused-ring (bicyclic) bond motifs is 1. The number of para-hydroxylation sites is 1. The van der Waals surface area contributed by atoms with Gasteiger partial charge in [0.2, 0.25) is 0 Å². The fraction of sp³-hybridized carbons (Fsp3) is 0.500. The van der Waals surface area contributed by atoms with E-state index in [1.54, 1.807) is 4.57 Å². The summed E-state index contributed by atoms with van der Waals surface area (Å²) in [5.41, 5.74) is 0.804. The summed E-state index contributed by atoms with van der Waals surface area (Å²) < 4.78 is 2.25. The Morgan fingerprint density at radius 2 is 1.95 bits per heavy atom. The highest BCUT2D eigenvalue weighted by atomic mass is 32.1. The largest absolute Gasteiger partial charge is 0.332 e. The van der Waals surface area contributed by atoms with Crippen LogP contribution in [0.2, 0.25) is 0 Å². The van der Waals surface area contributed by atoms with Gasteiger partial charge in [0, 0.05) is 6.54 Å². The van der Waals surface area contributed by atoms with E-state index in [-0.39, 0.29) is 11.6 Å². The van der Waals surface area contributed by atoms with E-state index in [0.717, 1.165) is 18.5 Å². The van der Waals surface area contributed by atoms with Crippen LogP contribution in [0.15, 0.2) is 29.1 Å². The van der Waals surface area contributed by atoms with E-state index in [1.165, 1.54) is 0 Å². The summed E-state index contributed by atoms with van der Waals surface area (Å²) in [4.78, 5) is 18.1. The van der Waals surface area contributed by atoms with Gasteiger partial charge in [-0.15, -0.1) is 0 Å². The minimum absolute atomic E-state index is 0.00171. The Kier molecular flexibility index (Phi) is 4.96. The van der Waals surface area contributed by atoms with Crippen molar-refractivity contribution in [2.45, 2.75) is 26.3 Å².